The van der Waals surface area contributed by atoms with Crippen LogP contribution in [0.5, 0.6) is 5.75 Å². The maximum Gasteiger partial charge on any atom is 0.320 e. The molecule has 3 rings (SSSR count). The van der Waals surface area contributed by atoms with Crippen molar-refractivity contribution in [3.63, 3.8) is 0 Å². The Kier molecular flexibility index (Phi) is 10.9. The van der Waals surface area contributed by atoms with E-state index < -0.39 is 36.0 Å². The molecule has 224 valence electrons. The molecule has 0 aromatic carbocycles. The zero-order valence-corrected chi connectivity index (χ0v) is 23.4. The van der Waals surface area contributed by atoms with Crippen LogP contribution in [0.2, 0.25) is 0 Å². The predicted octanol–water partition coefficient (Wildman–Crippen LogP) is 0.114. The Hall–Kier alpha value is -3.88. The lowest BCUT2D eigenvalue weighted by Gasteiger charge is -2.35. The van der Waals surface area contributed by atoms with Gasteiger partial charge in [0, 0.05) is 70.1 Å². The molecular weight excluding hydrogens is 538 g/mol. The number of amides is 2. The van der Waals surface area contributed by atoms with Crippen LogP contribution in [-0.2, 0) is 37.1 Å². The molecule has 0 saturated carbocycles. The molecule has 0 fully saturated rings. The number of rotatable bonds is 11. The van der Waals surface area contributed by atoms with E-state index in [2.05, 4.69) is 4.98 Å². The number of aliphatic carboxylic acids is 3. The van der Waals surface area contributed by atoms with E-state index >= 15 is 0 Å². The summed E-state index contributed by atoms with van der Waals surface area (Å²) in [5.41, 5.74) is 1.00. The standard InChI is InChI=1S/C27H37N5O9/c1-17(25(35)36)29-8-10-30(18(2)26(37)38)15-20-13-22(41-12-4-7-32-23(33)5-6-24(32)34)14-21(28-20)16-31(11-9-29)19(3)27(39)40/h5-6,13-14,17-19H,4,7-12,15-16H2,1-3H3,(H,35,36)(H,37,38)(H,39,40)/t17-,18-,19-/m0/s1. The molecule has 3 N–H and O–H groups in total. The highest BCUT2D eigenvalue weighted by Crippen LogP contribution is 2.21. The molecule has 0 unspecified atom stereocenters. The number of carbonyl (C=O) groups is 5. The van der Waals surface area contributed by atoms with E-state index in [-0.39, 0.29) is 64.2 Å². The highest BCUT2D eigenvalue weighted by Gasteiger charge is 2.29. The molecule has 14 heteroatoms. The van der Waals surface area contributed by atoms with Crippen molar-refractivity contribution >= 4 is 29.7 Å². The van der Waals surface area contributed by atoms with E-state index in [0.29, 0.717) is 23.6 Å². The number of carbonyl (C=O) groups excluding carboxylic acids is 2. The summed E-state index contributed by atoms with van der Waals surface area (Å²) in [4.78, 5) is 70.0. The summed E-state index contributed by atoms with van der Waals surface area (Å²) in [7, 11) is 0. The third-order valence-corrected chi connectivity index (χ3v) is 7.39. The van der Waals surface area contributed by atoms with Crippen LogP contribution in [0.3, 0.4) is 0 Å². The van der Waals surface area contributed by atoms with Crippen molar-refractivity contribution in [1.29, 1.82) is 0 Å². The maximum absolute atomic E-state index is 11.9. The SMILES string of the molecule is C[C@@H](C(=O)O)N1CCN([C@@H](C)C(=O)O)Cc2cc(OCCCN3C(=O)C=CC3=O)cc(n2)CN([C@@H](C)C(=O)O)CC1. The first-order valence-electron chi connectivity index (χ1n) is 13.4. The number of fused-ring (bicyclic) bond motifs is 2. The second kappa shape index (κ2) is 14.1. The molecular formula is C27H37N5O9. The van der Waals surface area contributed by atoms with Gasteiger partial charge in [0.15, 0.2) is 0 Å². The summed E-state index contributed by atoms with van der Waals surface area (Å²) in [5, 5.41) is 29.1. The van der Waals surface area contributed by atoms with E-state index in [1.807, 2.05) is 0 Å². The fraction of sp³-hybridized carbons (Fsp3) is 0.556. The van der Waals surface area contributed by atoms with Crippen LogP contribution in [-0.4, -0.2) is 127 Å². The lowest BCUT2D eigenvalue weighted by molar-refractivity contribution is -0.145. The largest absolute Gasteiger partial charge is 0.493 e. The lowest BCUT2D eigenvalue weighted by Crippen LogP contribution is -2.50. The summed E-state index contributed by atoms with van der Waals surface area (Å²) in [5.74, 6) is -3.42. The van der Waals surface area contributed by atoms with Crippen LogP contribution in [0.25, 0.3) is 0 Å². The minimum absolute atomic E-state index is 0.129. The molecule has 1 aromatic rings. The molecule has 2 aliphatic rings. The van der Waals surface area contributed by atoms with E-state index in [1.165, 1.54) is 12.2 Å². The molecule has 0 saturated heterocycles. The molecule has 1 aromatic heterocycles. The average Bonchev–Trinajstić information content (AvgIpc) is 3.24. The number of aromatic nitrogens is 1. The lowest BCUT2D eigenvalue weighted by atomic mass is 10.1. The molecule has 3 heterocycles. The summed E-state index contributed by atoms with van der Waals surface area (Å²) in [6.45, 7) is 6.22. The Morgan fingerprint density at radius 1 is 0.780 bits per heavy atom. The molecule has 2 bridgehead atoms. The molecule has 0 radical (unpaired) electrons. The van der Waals surface area contributed by atoms with Crippen molar-refractivity contribution in [2.45, 2.75) is 58.4 Å². The van der Waals surface area contributed by atoms with Gasteiger partial charge in [0.2, 0.25) is 0 Å². The number of ether oxygens (including phenoxy) is 1. The van der Waals surface area contributed by atoms with Crippen LogP contribution >= 0.6 is 0 Å². The topological polar surface area (TPSA) is 181 Å². The van der Waals surface area contributed by atoms with Gasteiger partial charge in [-0.2, -0.15) is 0 Å². The van der Waals surface area contributed by atoms with Gasteiger partial charge in [0.05, 0.1) is 18.0 Å². The Balaban J connectivity index is 1.87. The van der Waals surface area contributed by atoms with Crippen molar-refractivity contribution in [3.8, 4) is 5.75 Å². The van der Waals surface area contributed by atoms with Gasteiger partial charge in [-0.1, -0.05) is 0 Å². The quantitative estimate of drug-likeness (QED) is 0.239. The Morgan fingerprint density at radius 2 is 1.20 bits per heavy atom. The van der Waals surface area contributed by atoms with Crippen LogP contribution in [0.4, 0.5) is 0 Å². The minimum Gasteiger partial charge on any atom is -0.493 e. The van der Waals surface area contributed by atoms with Gasteiger partial charge in [-0.15, -0.1) is 0 Å². The van der Waals surface area contributed by atoms with Crippen molar-refractivity contribution in [2.24, 2.45) is 0 Å². The van der Waals surface area contributed by atoms with E-state index in [1.54, 1.807) is 47.6 Å². The van der Waals surface area contributed by atoms with Crippen molar-refractivity contribution in [2.75, 3.05) is 39.3 Å². The van der Waals surface area contributed by atoms with Crippen molar-refractivity contribution in [1.82, 2.24) is 24.6 Å². The number of carboxylic acid groups (broad SMARTS) is 3. The summed E-state index contributed by atoms with van der Waals surface area (Å²) < 4.78 is 5.93. The summed E-state index contributed by atoms with van der Waals surface area (Å²) in [6.07, 6.45) is 2.82. The zero-order chi connectivity index (χ0) is 30.3. The van der Waals surface area contributed by atoms with Crippen LogP contribution in [0, 0.1) is 0 Å². The molecule has 41 heavy (non-hydrogen) atoms. The van der Waals surface area contributed by atoms with Crippen LogP contribution in [0.1, 0.15) is 38.6 Å². The normalized spacial score (nSPS) is 19.7. The summed E-state index contributed by atoms with van der Waals surface area (Å²) in [6, 6.07) is 0.713. The second-order valence-electron chi connectivity index (χ2n) is 10.2. The smallest absolute Gasteiger partial charge is 0.320 e. The molecule has 0 spiro atoms. The number of hydrogen-bond acceptors (Lipinski definition) is 10. The third-order valence-electron chi connectivity index (χ3n) is 7.39. The van der Waals surface area contributed by atoms with Gasteiger partial charge in [0.1, 0.15) is 23.9 Å². The number of imide groups is 1. The zero-order valence-electron chi connectivity index (χ0n) is 23.4. The van der Waals surface area contributed by atoms with Crippen LogP contribution in [0.15, 0.2) is 24.3 Å². The van der Waals surface area contributed by atoms with Gasteiger partial charge < -0.3 is 20.1 Å². The minimum atomic E-state index is -1.04. The number of nitrogens with zero attached hydrogens (tertiary/aromatic N) is 5. The van der Waals surface area contributed by atoms with Gasteiger partial charge in [-0.3, -0.25) is 48.6 Å². The van der Waals surface area contributed by atoms with Gasteiger partial charge in [0.25, 0.3) is 11.8 Å². The molecule has 3 atom stereocenters. The Labute approximate surface area is 237 Å². The molecule has 0 aliphatic carbocycles. The monoisotopic (exact) mass is 575 g/mol. The van der Waals surface area contributed by atoms with Crippen LogP contribution < -0.4 is 4.74 Å². The van der Waals surface area contributed by atoms with E-state index in [4.69, 9.17) is 4.74 Å². The number of hydrogen-bond donors (Lipinski definition) is 3. The molecule has 2 aliphatic heterocycles. The third kappa shape index (κ3) is 8.55. The first kappa shape index (κ1) is 31.6. The van der Waals surface area contributed by atoms with Crippen molar-refractivity contribution < 1.29 is 44.0 Å². The van der Waals surface area contributed by atoms with Gasteiger partial charge >= 0.3 is 17.9 Å². The first-order valence-corrected chi connectivity index (χ1v) is 13.4. The number of pyridine rings is 1. The van der Waals surface area contributed by atoms with E-state index in [0.717, 1.165) is 4.90 Å². The average molecular weight is 576 g/mol. The van der Waals surface area contributed by atoms with Gasteiger partial charge in [-0.25, -0.2) is 0 Å². The highest BCUT2D eigenvalue weighted by atomic mass is 16.5. The first-order chi connectivity index (χ1) is 19.4. The molecule has 2 amide bonds. The van der Waals surface area contributed by atoms with E-state index in [9.17, 15) is 39.3 Å². The second-order valence-corrected chi connectivity index (χ2v) is 10.2. The Morgan fingerprint density at radius 3 is 1.63 bits per heavy atom. The fourth-order valence-electron chi connectivity index (χ4n) is 4.65. The maximum atomic E-state index is 11.9. The van der Waals surface area contributed by atoms with Crippen molar-refractivity contribution in [3.05, 3.63) is 35.7 Å². The number of carboxylic acids is 3. The molecule has 14 nitrogen and oxygen atoms in total. The fourth-order valence-corrected chi connectivity index (χ4v) is 4.65. The summed E-state index contributed by atoms with van der Waals surface area (Å²) >= 11 is 0. The predicted molar refractivity (Wildman–Crippen MR) is 144 cm³/mol. The van der Waals surface area contributed by atoms with Gasteiger partial charge in [-0.05, 0) is 27.2 Å². The highest BCUT2D eigenvalue weighted by molar-refractivity contribution is 6.12. The Bertz CT molecular complexity index is 1120.